The van der Waals surface area contributed by atoms with Crippen molar-refractivity contribution in [1.82, 2.24) is 10.2 Å². The molecule has 1 saturated carbocycles. The minimum Gasteiger partial charge on any atom is -0.350 e. The van der Waals surface area contributed by atoms with Crippen LogP contribution in [-0.2, 0) is 16.1 Å². The third-order valence-corrected chi connectivity index (χ3v) is 9.02. The standard InChI is InChI=1S/C36H32ClN3O5/c1-22-11-13-23(14-12-22)21-38-35(42)33-30(24-17-19-27(37)20-18-24)31(34(41)25-7-3-2-4-8-25)32(39(33)36(43)26-15-16-26)28-9-5-6-10-29(28)40(44)45/h2-14,17-20,26,30-33H,15-16,21H2,1H3,(H,38,42). The predicted molar refractivity (Wildman–Crippen MR) is 171 cm³/mol. The van der Waals surface area contributed by atoms with Crippen LogP contribution in [0.25, 0.3) is 0 Å². The molecule has 2 fully saturated rings. The average molecular weight is 622 g/mol. The summed E-state index contributed by atoms with van der Waals surface area (Å²) in [6, 6.07) is 27.3. The number of hydrogen-bond acceptors (Lipinski definition) is 5. The zero-order chi connectivity index (χ0) is 31.7. The first-order valence-electron chi connectivity index (χ1n) is 15.0. The highest BCUT2D eigenvalue weighted by Crippen LogP contribution is 2.54. The van der Waals surface area contributed by atoms with Crippen LogP contribution in [0, 0.1) is 28.9 Å². The lowest BCUT2D eigenvalue weighted by Crippen LogP contribution is -2.49. The van der Waals surface area contributed by atoms with Gasteiger partial charge in [-0.1, -0.05) is 102 Å². The van der Waals surface area contributed by atoms with Crippen molar-refractivity contribution in [2.24, 2.45) is 11.8 Å². The Kier molecular flexibility index (Phi) is 8.50. The molecule has 4 aromatic rings. The third-order valence-electron chi connectivity index (χ3n) is 8.77. The Morgan fingerprint density at radius 1 is 0.889 bits per heavy atom. The molecule has 1 saturated heterocycles. The van der Waals surface area contributed by atoms with E-state index in [1.54, 1.807) is 72.8 Å². The topological polar surface area (TPSA) is 110 Å². The summed E-state index contributed by atoms with van der Waals surface area (Å²) in [7, 11) is 0. The lowest BCUT2D eigenvalue weighted by atomic mass is 9.75. The molecule has 1 aliphatic carbocycles. The second-order valence-corrected chi connectivity index (χ2v) is 12.2. The first kappa shape index (κ1) is 30.2. The molecule has 45 heavy (non-hydrogen) atoms. The molecule has 0 bridgehead atoms. The highest BCUT2D eigenvalue weighted by atomic mass is 35.5. The van der Waals surface area contributed by atoms with E-state index in [2.05, 4.69) is 5.32 Å². The van der Waals surface area contributed by atoms with E-state index in [-0.39, 0.29) is 35.4 Å². The minimum absolute atomic E-state index is 0.210. The van der Waals surface area contributed by atoms with Gasteiger partial charge in [0.15, 0.2) is 5.78 Å². The average Bonchev–Trinajstić information content (AvgIpc) is 3.85. The van der Waals surface area contributed by atoms with Crippen molar-refractivity contribution >= 4 is 34.9 Å². The van der Waals surface area contributed by atoms with Gasteiger partial charge in [-0.15, -0.1) is 0 Å². The smallest absolute Gasteiger partial charge is 0.274 e. The number of carbonyl (C=O) groups excluding carboxylic acids is 3. The van der Waals surface area contributed by atoms with Crippen LogP contribution >= 0.6 is 11.6 Å². The zero-order valence-electron chi connectivity index (χ0n) is 24.6. The van der Waals surface area contributed by atoms with Gasteiger partial charge >= 0.3 is 0 Å². The first-order chi connectivity index (χ1) is 21.7. The van der Waals surface area contributed by atoms with Gasteiger partial charge in [0, 0.05) is 35.0 Å². The Hall–Kier alpha value is -4.82. The number of nitrogens with one attached hydrogen (secondary N) is 1. The summed E-state index contributed by atoms with van der Waals surface area (Å²) in [5.74, 6) is -3.17. The molecule has 0 spiro atoms. The van der Waals surface area contributed by atoms with Crippen molar-refractivity contribution in [3.05, 3.63) is 146 Å². The van der Waals surface area contributed by atoms with E-state index in [9.17, 15) is 24.5 Å². The summed E-state index contributed by atoms with van der Waals surface area (Å²) >= 11 is 6.26. The van der Waals surface area contributed by atoms with E-state index in [0.717, 1.165) is 11.1 Å². The third kappa shape index (κ3) is 6.11. The zero-order valence-corrected chi connectivity index (χ0v) is 25.4. The van der Waals surface area contributed by atoms with Crippen LogP contribution in [0.1, 0.15) is 57.4 Å². The van der Waals surface area contributed by atoms with Gasteiger partial charge in [-0.3, -0.25) is 24.5 Å². The van der Waals surface area contributed by atoms with Gasteiger partial charge < -0.3 is 10.2 Å². The number of aryl methyl sites for hydroxylation is 1. The maximum absolute atomic E-state index is 14.6. The van der Waals surface area contributed by atoms with Gasteiger partial charge in [0.25, 0.3) is 5.69 Å². The summed E-state index contributed by atoms with van der Waals surface area (Å²) in [6.45, 7) is 2.19. The number of halogens is 1. The fraction of sp³-hybridized carbons (Fsp3) is 0.250. The summed E-state index contributed by atoms with van der Waals surface area (Å²) in [5, 5.41) is 15.9. The molecular weight excluding hydrogens is 590 g/mol. The number of nitro groups is 1. The van der Waals surface area contributed by atoms with E-state index in [0.29, 0.717) is 29.0 Å². The molecule has 1 N–H and O–H groups in total. The predicted octanol–water partition coefficient (Wildman–Crippen LogP) is 6.82. The molecule has 2 aliphatic rings. The van der Waals surface area contributed by atoms with Crippen molar-refractivity contribution in [2.45, 2.75) is 44.3 Å². The van der Waals surface area contributed by atoms with Crippen LogP contribution < -0.4 is 5.32 Å². The van der Waals surface area contributed by atoms with Crippen molar-refractivity contribution < 1.29 is 19.3 Å². The number of nitrogens with zero attached hydrogens (tertiary/aromatic N) is 2. The van der Waals surface area contributed by atoms with Gasteiger partial charge in [-0.2, -0.15) is 0 Å². The highest BCUT2D eigenvalue weighted by Gasteiger charge is 2.59. The molecule has 8 nitrogen and oxygen atoms in total. The number of amides is 2. The molecular formula is C36H32ClN3O5. The summed E-state index contributed by atoms with van der Waals surface area (Å²) in [4.78, 5) is 56.7. The Balaban J connectivity index is 1.55. The largest absolute Gasteiger partial charge is 0.350 e. The number of hydrogen-bond donors (Lipinski definition) is 1. The van der Waals surface area contributed by atoms with Crippen LogP contribution in [0.2, 0.25) is 5.02 Å². The van der Waals surface area contributed by atoms with Gasteiger partial charge in [0.05, 0.1) is 22.4 Å². The normalized spacial score (nSPS) is 20.9. The van der Waals surface area contributed by atoms with Crippen LogP contribution in [0.3, 0.4) is 0 Å². The van der Waals surface area contributed by atoms with Crippen molar-refractivity contribution in [3.63, 3.8) is 0 Å². The fourth-order valence-electron chi connectivity index (χ4n) is 6.44. The van der Waals surface area contributed by atoms with Crippen LogP contribution in [0.15, 0.2) is 103 Å². The molecule has 6 rings (SSSR count). The van der Waals surface area contributed by atoms with E-state index in [4.69, 9.17) is 11.6 Å². The Morgan fingerprint density at radius 3 is 2.18 bits per heavy atom. The van der Waals surface area contributed by atoms with Crippen LogP contribution in [0.5, 0.6) is 0 Å². The quantitative estimate of drug-likeness (QED) is 0.125. The SMILES string of the molecule is Cc1ccc(CNC(=O)C2C(c3ccc(Cl)cc3)C(C(=O)c3ccccc3)C(c3ccccc3[N+](=O)[O-])N2C(=O)C2CC2)cc1. The Labute approximate surface area is 266 Å². The van der Waals surface area contributed by atoms with E-state index >= 15 is 0 Å². The lowest BCUT2D eigenvalue weighted by Gasteiger charge is -2.31. The number of Topliss-reactive ketones (excluding diaryl/α,β-unsaturated/α-hetero) is 1. The minimum atomic E-state index is -1.12. The highest BCUT2D eigenvalue weighted by molar-refractivity contribution is 6.30. The molecule has 4 aromatic carbocycles. The first-order valence-corrected chi connectivity index (χ1v) is 15.4. The van der Waals surface area contributed by atoms with Gasteiger partial charge in [0.2, 0.25) is 11.8 Å². The molecule has 1 aliphatic heterocycles. The van der Waals surface area contributed by atoms with Crippen molar-refractivity contribution in [2.75, 3.05) is 0 Å². The summed E-state index contributed by atoms with van der Waals surface area (Å²) < 4.78 is 0. The number of rotatable bonds is 9. The fourth-order valence-corrected chi connectivity index (χ4v) is 6.57. The monoisotopic (exact) mass is 621 g/mol. The maximum Gasteiger partial charge on any atom is 0.274 e. The van der Waals surface area contributed by atoms with Gasteiger partial charge in [-0.05, 0) is 43.0 Å². The maximum atomic E-state index is 14.6. The van der Waals surface area contributed by atoms with E-state index in [1.807, 2.05) is 31.2 Å². The molecule has 0 aromatic heterocycles. The van der Waals surface area contributed by atoms with Gasteiger partial charge in [0.1, 0.15) is 6.04 Å². The number of nitro benzene ring substituents is 1. The van der Waals surface area contributed by atoms with Crippen molar-refractivity contribution in [1.29, 1.82) is 0 Å². The number of likely N-dealkylation sites (tertiary alicyclic amines) is 1. The molecule has 9 heteroatoms. The van der Waals surface area contributed by atoms with E-state index in [1.165, 1.54) is 11.0 Å². The molecule has 228 valence electrons. The number of para-hydroxylation sites is 1. The number of ketones is 1. The van der Waals surface area contributed by atoms with Crippen LogP contribution in [-0.4, -0.2) is 33.5 Å². The Morgan fingerprint density at radius 2 is 1.53 bits per heavy atom. The molecule has 2 amide bonds. The second-order valence-electron chi connectivity index (χ2n) is 11.8. The van der Waals surface area contributed by atoms with E-state index < -0.39 is 34.7 Å². The van der Waals surface area contributed by atoms with Crippen LogP contribution in [0.4, 0.5) is 5.69 Å². The molecule has 4 atom stereocenters. The number of carbonyl (C=O) groups is 3. The van der Waals surface area contributed by atoms with Gasteiger partial charge in [-0.25, -0.2) is 0 Å². The molecule has 4 unspecified atom stereocenters. The lowest BCUT2D eigenvalue weighted by molar-refractivity contribution is -0.386. The molecule has 1 heterocycles. The second kappa shape index (κ2) is 12.7. The summed E-state index contributed by atoms with van der Waals surface area (Å²) in [6.07, 6.45) is 1.30. The molecule has 0 radical (unpaired) electrons. The summed E-state index contributed by atoms with van der Waals surface area (Å²) in [5.41, 5.74) is 3.00. The van der Waals surface area contributed by atoms with Crippen molar-refractivity contribution in [3.8, 4) is 0 Å². The Bertz CT molecular complexity index is 1740. The number of benzene rings is 4.